The number of ketones is 1. The number of hydrogen-bond donors (Lipinski definition) is 0. The lowest BCUT2D eigenvalue weighted by Gasteiger charge is -2.24. The van der Waals surface area contributed by atoms with Crippen LogP contribution in [-0.2, 0) is 4.79 Å². The number of carbonyl (C=O) groups excluding carboxylic acids is 1. The molecule has 2 heterocycles. The molecular formula is C13H18N2O. The summed E-state index contributed by atoms with van der Waals surface area (Å²) in [4.78, 5) is 18.3. The smallest absolute Gasteiger partial charge is 0.155 e. The Morgan fingerprint density at radius 3 is 3.12 bits per heavy atom. The van der Waals surface area contributed by atoms with E-state index in [1.807, 2.05) is 19.2 Å². The van der Waals surface area contributed by atoms with Crippen molar-refractivity contribution in [1.82, 2.24) is 4.98 Å². The number of aromatic nitrogens is 1. The molecule has 0 amide bonds. The summed E-state index contributed by atoms with van der Waals surface area (Å²) >= 11 is 0. The van der Waals surface area contributed by atoms with Crippen LogP contribution in [0, 0.1) is 6.92 Å². The minimum atomic E-state index is 0.0549. The molecule has 16 heavy (non-hydrogen) atoms. The number of nitrogens with zero attached hydrogens (tertiary/aromatic N) is 2. The van der Waals surface area contributed by atoms with E-state index in [9.17, 15) is 4.79 Å². The van der Waals surface area contributed by atoms with Gasteiger partial charge >= 0.3 is 0 Å². The Hall–Kier alpha value is -1.38. The fourth-order valence-corrected chi connectivity index (χ4v) is 2.29. The molecule has 0 radical (unpaired) electrons. The van der Waals surface area contributed by atoms with Crippen molar-refractivity contribution in [2.75, 3.05) is 11.4 Å². The van der Waals surface area contributed by atoms with Gasteiger partial charge in [0.25, 0.3) is 0 Å². The van der Waals surface area contributed by atoms with Crippen molar-refractivity contribution < 1.29 is 4.79 Å². The summed E-state index contributed by atoms with van der Waals surface area (Å²) in [6, 6.07) is 4.09. The maximum absolute atomic E-state index is 11.8. The van der Waals surface area contributed by atoms with Gasteiger partial charge in [-0.3, -0.25) is 4.79 Å². The van der Waals surface area contributed by atoms with Gasteiger partial charge in [-0.1, -0.05) is 6.92 Å². The van der Waals surface area contributed by atoms with Gasteiger partial charge < -0.3 is 4.90 Å². The van der Waals surface area contributed by atoms with Crippen LogP contribution < -0.4 is 4.90 Å². The summed E-state index contributed by atoms with van der Waals surface area (Å²) < 4.78 is 0. The van der Waals surface area contributed by atoms with Gasteiger partial charge in [0.15, 0.2) is 5.78 Å². The van der Waals surface area contributed by atoms with E-state index in [1.165, 1.54) is 5.56 Å². The van der Waals surface area contributed by atoms with Gasteiger partial charge in [0.1, 0.15) is 5.82 Å². The maximum Gasteiger partial charge on any atom is 0.155 e. The fourth-order valence-electron chi connectivity index (χ4n) is 2.29. The molecule has 1 saturated heterocycles. The predicted molar refractivity (Wildman–Crippen MR) is 64.6 cm³/mol. The molecule has 0 N–H and O–H groups in total. The zero-order valence-electron chi connectivity index (χ0n) is 9.94. The van der Waals surface area contributed by atoms with Crippen molar-refractivity contribution in [2.24, 2.45) is 0 Å². The molecule has 1 aromatic heterocycles. The predicted octanol–water partition coefficient (Wildman–Crippen LogP) is 2.34. The van der Waals surface area contributed by atoms with Gasteiger partial charge in [-0.25, -0.2) is 4.98 Å². The van der Waals surface area contributed by atoms with E-state index in [0.29, 0.717) is 12.2 Å². The number of pyridine rings is 1. The average Bonchev–Trinajstić information content (AvgIpc) is 2.77. The third-order valence-corrected chi connectivity index (χ3v) is 3.17. The van der Waals surface area contributed by atoms with Gasteiger partial charge in [0, 0.05) is 19.2 Å². The van der Waals surface area contributed by atoms with Gasteiger partial charge in [-0.2, -0.15) is 0 Å². The first kappa shape index (κ1) is 11.1. The van der Waals surface area contributed by atoms with E-state index in [-0.39, 0.29) is 6.04 Å². The SMILES string of the molecule is CCC(=O)C1CCCN1c1cc(C)ccn1. The lowest BCUT2D eigenvalue weighted by molar-refractivity contribution is -0.119. The molecular weight excluding hydrogens is 200 g/mol. The second-order valence-corrected chi connectivity index (χ2v) is 4.36. The highest BCUT2D eigenvalue weighted by Crippen LogP contribution is 2.25. The first-order valence-corrected chi connectivity index (χ1v) is 5.94. The summed E-state index contributed by atoms with van der Waals surface area (Å²) in [5.41, 5.74) is 1.19. The summed E-state index contributed by atoms with van der Waals surface area (Å²) in [5, 5.41) is 0. The van der Waals surface area contributed by atoms with Crippen LogP contribution in [0.1, 0.15) is 31.7 Å². The van der Waals surface area contributed by atoms with E-state index in [2.05, 4.69) is 22.9 Å². The summed E-state index contributed by atoms with van der Waals surface area (Å²) in [6.45, 7) is 4.94. The lowest BCUT2D eigenvalue weighted by atomic mass is 10.1. The molecule has 0 aromatic carbocycles. The Balaban J connectivity index is 2.23. The largest absolute Gasteiger partial charge is 0.347 e. The van der Waals surface area contributed by atoms with E-state index in [4.69, 9.17) is 0 Å². The standard InChI is InChI=1S/C13H18N2O/c1-3-12(16)11-5-4-8-15(11)13-9-10(2)6-7-14-13/h6-7,9,11H,3-5,8H2,1-2H3. The maximum atomic E-state index is 11.8. The Morgan fingerprint density at radius 1 is 1.62 bits per heavy atom. The highest BCUT2D eigenvalue weighted by atomic mass is 16.1. The highest BCUT2D eigenvalue weighted by Gasteiger charge is 2.30. The monoisotopic (exact) mass is 218 g/mol. The molecule has 0 aliphatic carbocycles. The van der Waals surface area contributed by atoms with Crippen molar-refractivity contribution >= 4 is 11.6 Å². The molecule has 0 bridgehead atoms. The first-order valence-electron chi connectivity index (χ1n) is 5.94. The summed E-state index contributed by atoms with van der Waals surface area (Å²) in [6.07, 6.45) is 4.50. The Morgan fingerprint density at radius 2 is 2.44 bits per heavy atom. The Labute approximate surface area is 96.5 Å². The van der Waals surface area contributed by atoms with Crippen LogP contribution in [0.15, 0.2) is 18.3 Å². The van der Waals surface area contributed by atoms with E-state index < -0.39 is 0 Å². The molecule has 0 saturated carbocycles. The van der Waals surface area contributed by atoms with Crippen molar-refractivity contribution in [2.45, 2.75) is 39.2 Å². The van der Waals surface area contributed by atoms with Crippen LogP contribution in [0.4, 0.5) is 5.82 Å². The number of rotatable bonds is 3. The minimum Gasteiger partial charge on any atom is -0.347 e. The molecule has 3 nitrogen and oxygen atoms in total. The van der Waals surface area contributed by atoms with Crippen LogP contribution in [0.5, 0.6) is 0 Å². The number of aryl methyl sites for hydroxylation is 1. The molecule has 86 valence electrons. The van der Waals surface area contributed by atoms with Gasteiger partial charge in [-0.15, -0.1) is 0 Å². The number of anilines is 1. The van der Waals surface area contributed by atoms with Crippen LogP contribution >= 0.6 is 0 Å². The van der Waals surface area contributed by atoms with Gasteiger partial charge in [-0.05, 0) is 37.5 Å². The number of Topliss-reactive ketones (excluding diaryl/α,β-unsaturated/α-hetero) is 1. The number of hydrogen-bond acceptors (Lipinski definition) is 3. The van der Waals surface area contributed by atoms with Crippen LogP contribution in [0.25, 0.3) is 0 Å². The molecule has 1 atom stereocenters. The summed E-state index contributed by atoms with van der Waals surface area (Å²) in [5.74, 6) is 1.28. The van der Waals surface area contributed by atoms with Crippen molar-refractivity contribution in [3.63, 3.8) is 0 Å². The Bertz CT molecular complexity index is 389. The molecule has 1 unspecified atom stereocenters. The number of carbonyl (C=O) groups is 1. The third-order valence-electron chi connectivity index (χ3n) is 3.17. The fraction of sp³-hybridized carbons (Fsp3) is 0.538. The van der Waals surface area contributed by atoms with Crippen molar-refractivity contribution in [3.8, 4) is 0 Å². The second kappa shape index (κ2) is 4.64. The molecule has 1 aliphatic rings. The normalized spacial score (nSPS) is 20.1. The summed E-state index contributed by atoms with van der Waals surface area (Å²) in [7, 11) is 0. The molecule has 3 heteroatoms. The Kier molecular flexibility index (Phi) is 3.22. The molecule has 0 spiro atoms. The molecule has 2 rings (SSSR count). The molecule has 1 aliphatic heterocycles. The van der Waals surface area contributed by atoms with Gasteiger partial charge in [0.2, 0.25) is 0 Å². The minimum absolute atomic E-state index is 0.0549. The average molecular weight is 218 g/mol. The quantitative estimate of drug-likeness (QED) is 0.780. The van der Waals surface area contributed by atoms with Crippen molar-refractivity contribution in [1.29, 1.82) is 0 Å². The third kappa shape index (κ3) is 2.08. The topological polar surface area (TPSA) is 33.2 Å². The zero-order valence-corrected chi connectivity index (χ0v) is 9.94. The van der Waals surface area contributed by atoms with Crippen LogP contribution in [-0.4, -0.2) is 23.4 Å². The first-order chi connectivity index (χ1) is 7.72. The second-order valence-electron chi connectivity index (χ2n) is 4.36. The van der Waals surface area contributed by atoms with E-state index in [0.717, 1.165) is 25.2 Å². The highest BCUT2D eigenvalue weighted by molar-refractivity contribution is 5.87. The van der Waals surface area contributed by atoms with E-state index in [1.54, 1.807) is 0 Å². The molecule has 1 fully saturated rings. The zero-order chi connectivity index (χ0) is 11.5. The van der Waals surface area contributed by atoms with Crippen LogP contribution in [0.2, 0.25) is 0 Å². The van der Waals surface area contributed by atoms with Gasteiger partial charge in [0.05, 0.1) is 6.04 Å². The van der Waals surface area contributed by atoms with Crippen LogP contribution in [0.3, 0.4) is 0 Å². The van der Waals surface area contributed by atoms with E-state index >= 15 is 0 Å². The lowest BCUT2D eigenvalue weighted by Crippen LogP contribution is -2.36. The van der Waals surface area contributed by atoms with Crippen molar-refractivity contribution in [3.05, 3.63) is 23.9 Å². The molecule has 1 aromatic rings.